The van der Waals surface area contributed by atoms with E-state index in [0.29, 0.717) is 11.0 Å². The van der Waals surface area contributed by atoms with Crippen LogP contribution in [0.4, 0.5) is 5.69 Å². The van der Waals surface area contributed by atoms with E-state index in [1.54, 1.807) is 0 Å². The number of H-pyrrole nitrogens is 1. The summed E-state index contributed by atoms with van der Waals surface area (Å²) in [4.78, 5) is 17.7. The molecule has 2 heterocycles. The number of pyridine rings is 1. The second-order valence-corrected chi connectivity index (χ2v) is 7.04. The number of nitrogens with zero attached hydrogens (tertiary/aromatic N) is 1. The lowest BCUT2D eigenvalue weighted by Crippen LogP contribution is -2.36. The van der Waals surface area contributed by atoms with Gasteiger partial charge in [-0.15, -0.1) is 6.42 Å². The van der Waals surface area contributed by atoms with E-state index in [9.17, 15) is 4.79 Å². The molecule has 1 aliphatic carbocycles. The highest BCUT2D eigenvalue weighted by Gasteiger charge is 2.44. The number of hydrogen-bond donors (Lipinski definition) is 1. The van der Waals surface area contributed by atoms with Gasteiger partial charge in [0.15, 0.2) is 0 Å². The van der Waals surface area contributed by atoms with Gasteiger partial charge < -0.3 is 9.88 Å². The number of terminal acetylenes is 1. The minimum atomic E-state index is -0.147. The van der Waals surface area contributed by atoms with Crippen molar-refractivity contribution >= 4 is 16.6 Å². The molecule has 3 nitrogen and oxygen atoms in total. The summed E-state index contributed by atoms with van der Waals surface area (Å²) in [5.74, 6) is 2.64. The van der Waals surface area contributed by atoms with Gasteiger partial charge in [0, 0.05) is 18.5 Å². The van der Waals surface area contributed by atoms with Crippen molar-refractivity contribution in [3.05, 3.63) is 39.7 Å². The Morgan fingerprint density at radius 1 is 1.26 bits per heavy atom. The third-order valence-electron chi connectivity index (χ3n) is 5.70. The maximum atomic E-state index is 12.4. The fraction of sp³-hybridized carbons (Fsp3) is 0.450. The monoisotopic (exact) mass is 306 g/mol. The average Bonchev–Trinajstić information content (AvgIpc) is 3.33. The van der Waals surface area contributed by atoms with Crippen molar-refractivity contribution < 1.29 is 0 Å². The first kappa shape index (κ1) is 14.4. The number of rotatable bonds is 2. The number of aryl methyl sites for hydroxylation is 1. The number of hydrogen-bond acceptors (Lipinski definition) is 2. The lowest BCUT2D eigenvalue weighted by Gasteiger charge is -2.35. The molecule has 118 valence electrons. The first-order chi connectivity index (χ1) is 11.2. The zero-order chi connectivity index (χ0) is 16.0. The van der Waals surface area contributed by atoms with Crippen LogP contribution in [0.3, 0.4) is 0 Å². The van der Waals surface area contributed by atoms with Crippen LogP contribution in [0.5, 0.6) is 0 Å². The van der Waals surface area contributed by atoms with E-state index in [1.807, 2.05) is 6.07 Å². The lowest BCUT2D eigenvalue weighted by atomic mass is 9.92. The first-order valence-corrected chi connectivity index (χ1v) is 8.56. The summed E-state index contributed by atoms with van der Waals surface area (Å²) in [5, 5.41) is 1.09. The maximum Gasteiger partial charge on any atom is 0.266 e. The molecule has 2 fully saturated rings. The fourth-order valence-electron chi connectivity index (χ4n) is 3.89. The summed E-state index contributed by atoms with van der Waals surface area (Å²) in [6.07, 6.45) is 11.9. The SMILES string of the molecule is C#Cc1c(N2CCC3(CC2)CC3)c2cc(CC)ccc2[nH]c1=O. The van der Waals surface area contributed by atoms with E-state index >= 15 is 0 Å². The van der Waals surface area contributed by atoms with E-state index in [0.717, 1.165) is 36.1 Å². The molecular weight excluding hydrogens is 284 g/mol. The molecule has 1 spiro atoms. The van der Waals surface area contributed by atoms with Crippen LogP contribution in [0, 0.1) is 17.8 Å². The molecular formula is C20H22N2O. The number of nitrogens with one attached hydrogen (secondary N) is 1. The summed E-state index contributed by atoms with van der Waals surface area (Å²) >= 11 is 0. The Morgan fingerprint density at radius 2 is 2.00 bits per heavy atom. The Balaban J connectivity index is 1.88. The summed E-state index contributed by atoms with van der Waals surface area (Å²) in [6, 6.07) is 6.27. The Labute approximate surface area is 136 Å². The number of anilines is 1. The van der Waals surface area contributed by atoms with Crippen LogP contribution in [0.2, 0.25) is 0 Å². The molecule has 1 saturated carbocycles. The zero-order valence-electron chi connectivity index (χ0n) is 13.6. The summed E-state index contributed by atoms with van der Waals surface area (Å²) < 4.78 is 0. The standard InChI is InChI=1S/C20H22N2O/c1-3-14-5-6-17-16(13-14)18(15(4-2)19(23)21-17)22-11-9-20(7-8-20)10-12-22/h2,5-6,13H,3,7-12H2,1H3,(H,21,23). The van der Waals surface area contributed by atoms with Gasteiger partial charge in [-0.2, -0.15) is 0 Å². The molecule has 1 aromatic heterocycles. The van der Waals surface area contributed by atoms with Crippen molar-refractivity contribution in [1.82, 2.24) is 4.98 Å². The van der Waals surface area contributed by atoms with Gasteiger partial charge in [-0.3, -0.25) is 4.79 Å². The zero-order valence-corrected chi connectivity index (χ0v) is 13.6. The molecule has 1 N–H and O–H groups in total. The van der Waals surface area contributed by atoms with E-state index in [1.165, 1.54) is 31.2 Å². The van der Waals surface area contributed by atoms with Crippen molar-refractivity contribution in [2.24, 2.45) is 5.41 Å². The first-order valence-electron chi connectivity index (χ1n) is 8.56. The fourth-order valence-corrected chi connectivity index (χ4v) is 3.89. The van der Waals surface area contributed by atoms with Crippen LogP contribution in [0.1, 0.15) is 43.7 Å². The summed E-state index contributed by atoms with van der Waals surface area (Å²) in [7, 11) is 0. The van der Waals surface area contributed by atoms with E-state index in [4.69, 9.17) is 6.42 Å². The van der Waals surface area contributed by atoms with Gasteiger partial charge in [-0.1, -0.05) is 18.9 Å². The van der Waals surface area contributed by atoms with Crippen LogP contribution >= 0.6 is 0 Å². The number of aromatic amines is 1. The smallest absolute Gasteiger partial charge is 0.266 e. The van der Waals surface area contributed by atoms with Crippen LogP contribution in [-0.2, 0) is 6.42 Å². The Morgan fingerprint density at radius 3 is 2.61 bits per heavy atom. The highest BCUT2D eigenvalue weighted by Crippen LogP contribution is 2.54. The molecule has 0 bridgehead atoms. The average molecular weight is 306 g/mol. The number of fused-ring (bicyclic) bond motifs is 1. The number of piperidine rings is 1. The summed E-state index contributed by atoms with van der Waals surface area (Å²) in [5.41, 5.74) is 4.07. The molecule has 23 heavy (non-hydrogen) atoms. The molecule has 0 radical (unpaired) electrons. The third kappa shape index (κ3) is 2.34. The van der Waals surface area contributed by atoms with Gasteiger partial charge in [0.25, 0.3) is 5.56 Å². The van der Waals surface area contributed by atoms with Crippen molar-refractivity contribution in [2.75, 3.05) is 18.0 Å². The highest BCUT2D eigenvalue weighted by molar-refractivity contribution is 5.95. The van der Waals surface area contributed by atoms with Crippen molar-refractivity contribution in [2.45, 2.75) is 39.0 Å². The minimum Gasteiger partial charge on any atom is -0.370 e. The van der Waals surface area contributed by atoms with Crippen LogP contribution in [-0.4, -0.2) is 18.1 Å². The number of benzene rings is 1. The third-order valence-corrected chi connectivity index (χ3v) is 5.70. The minimum absolute atomic E-state index is 0.147. The van der Waals surface area contributed by atoms with Crippen LogP contribution in [0.25, 0.3) is 10.9 Å². The topological polar surface area (TPSA) is 36.1 Å². The van der Waals surface area contributed by atoms with Gasteiger partial charge in [-0.05, 0) is 55.2 Å². The molecule has 0 unspecified atom stereocenters. The van der Waals surface area contributed by atoms with Crippen LogP contribution in [0.15, 0.2) is 23.0 Å². The molecule has 4 rings (SSSR count). The second kappa shape index (κ2) is 5.16. The Hall–Kier alpha value is -2.21. The summed E-state index contributed by atoms with van der Waals surface area (Å²) in [6.45, 7) is 4.15. The quantitative estimate of drug-likeness (QED) is 0.863. The molecule has 3 heteroatoms. The van der Waals surface area contributed by atoms with Gasteiger partial charge in [0.2, 0.25) is 0 Å². The number of aromatic nitrogens is 1. The second-order valence-electron chi connectivity index (χ2n) is 7.04. The lowest BCUT2D eigenvalue weighted by molar-refractivity contribution is 0.385. The van der Waals surface area contributed by atoms with Crippen molar-refractivity contribution in [1.29, 1.82) is 0 Å². The van der Waals surface area contributed by atoms with Crippen molar-refractivity contribution in [3.63, 3.8) is 0 Å². The normalized spacial score (nSPS) is 19.0. The predicted octanol–water partition coefficient (Wildman–Crippen LogP) is 3.45. The Bertz CT molecular complexity index is 858. The van der Waals surface area contributed by atoms with Crippen molar-refractivity contribution in [3.8, 4) is 12.3 Å². The van der Waals surface area contributed by atoms with Gasteiger partial charge in [0.05, 0.1) is 11.2 Å². The Kier molecular flexibility index (Phi) is 3.23. The largest absolute Gasteiger partial charge is 0.370 e. The van der Waals surface area contributed by atoms with Gasteiger partial charge in [0.1, 0.15) is 5.56 Å². The molecule has 1 aliphatic heterocycles. The molecule has 1 saturated heterocycles. The van der Waals surface area contributed by atoms with Gasteiger partial charge in [-0.25, -0.2) is 0 Å². The molecule has 1 aromatic carbocycles. The molecule has 2 aliphatic rings. The van der Waals surface area contributed by atoms with Gasteiger partial charge >= 0.3 is 0 Å². The van der Waals surface area contributed by atoms with Crippen LogP contribution < -0.4 is 10.5 Å². The molecule has 0 amide bonds. The predicted molar refractivity (Wildman–Crippen MR) is 95.0 cm³/mol. The molecule has 2 aromatic rings. The van der Waals surface area contributed by atoms with E-state index < -0.39 is 0 Å². The maximum absolute atomic E-state index is 12.4. The molecule has 0 atom stereocenters. The van der Waals surface area contributed by atoms with E-state index in [2.05, 4.69) is 34.9 Å². The van der Waals surface area contributed by atoms with E-state index in [-0.39, 0.29) is 5.56 Å². The highest BCUT2D eigenvalue weighted by atomic mass is 16.1.